The Hall–Kier alpha value is -0.440. The van der Waals surface area contributed by atoms with Gasteiger partial charge < -0.3 is 4.90 Å². The summed E-state index contributed by atoms with van der Waals surface area (Å²) in [4.78, 5) is 13.3. The topological polar surface area (TPSA) is 20.3 Å². The van der Waals surface area contributed by atoms with Crippen LogP contribution < -0.4 is 0 Å². The fourth-order valence-electron chi connectivity index (χ4n) is 1.57. The van der Waals surface area contributed by atoms with Crippen molar-refractivity contribution in [3.63, 3.8) is 0 Å². The molecule has 1 fully saturated rings. The maximum absolute atomic E-state index is 13.8. The maximum Gasteiger partial charge on any atom is 0.171 e. The first-order valence-electron chi connectivity index (χ1n) is 4.49. The summed E-state index contributed by atoms with van der Waals surface area (Å²) >= 11 is 0. The molecule has 1 heterocycles. The Bertz CT molecular complexity index is 173. The Morgan fingerprint density at radius 1 is 1.50 bits per heavy atom. The molecule has 0 bridgehead atoms. The summed E-state index contributed by atoms with van der Waals surface area (Å²) in [5.41, 5.74) is -1.51. The van der Waals surface area contributed by atoms with E-state index >= 15 is 0 Å². The number of piperidine rings is 1. The third-order valence-electron chi connectivity index (χ3n) is 2.60. The van der Waals surface area contributed by atoms with Crippen molar-refractivity contribution >= 4 is 5.78 Å². The zero-order valence-corrected chi connectivity index (χ0v) is 7.77. The van der Waals surface area contributed by atoms with Crippen LogP contribution in [0.15, 0.2) is 0 Å². The van der Waals surface area contributed by atoms with Gasteiger partial charge in [0.05, 0.1) is 0 Å². The first-order valence-corrected chi connectivity index (χ1v) is 4.49. The second kappa shape index (κ2) is 3.52. The monoisotopic (exact) mass is 173 g/mol. The minimum absolute atomic E-state index is 0.226. The van der Waals surface area contributed by atoms with Crippen LogP contribution in [-0.4, -0.2) is 36.5 Å². The minimum atomic E-state index is -1.51. The lowest BCUT2D eigenvalue weighted by Crippen LogP contribution is -2.44. The number of nitrogens with zero attached hydrogens (tertiary/aromatic N) is 1. The van der Waals surface area contributed by atoms with Gasteiger partial charge in [0.1, 0.15) is 0 Å². The van der Waals surface area contributed by atoms with Crippen molar-refractivity contribution in [3.8, 4) is 0 Å². The van der Waals surface area contributed by atoms with Gasteiger partial charge in [0.2, 0.25) is 0 Å². The van der Waals surface area contributed by atoms with E-state index in [9.17, 15) is 9.18 Å². The Morgan fingerprint density at radius 3 is 2.42 bits per heavy atom. The van der Waals surface area contributed by atoms with Crippen molar-refractivity contribution in [2.24, 2.45) is 0 Å². The first kappa shape index (κ1) is 9.65. The number of halogens is 1. The Kier molecular flexibility index (Phi) is 2.83. The van der Waals surface area contributed by atoms with Crippen molar-refractivity contribution in [1.29, 1.82) is 0 Å². The van der Waals surface area contributed by atoms with Crippen molar-refractivity contribution < 1.29 is 9.18 Å². The zero-order chi connectivity index (χ0) is 9.19. The van der Waals surface area contributed by atoms with Gasteiger partial charge >= 0.3 is 0 Å². The van der Waals surface area contributed by atoms with E-state index in [0.29, 0.717) is 32.4 Å². The third-order valence-corrected chi connectivity index (χ3v) is 2.60. The Labute approximate surface area is 72.7 Å². The zero-order valence-electron chi connectivity index (χ0n) is 7.77. The second-order valence-electron chi connectivity index (χ2n) is 3.55. The molecule has 0 aromatic rings. The minimum Gasteiger partial charge on any atom is -0.306 e. The average molecular weight is 173 g/mol. The summed E-state index contributed by atoms with van der Waals surface area (Å²) in [5.74, 6) is -0.226. The highest BCUT2D eigenvalue weighted by Crippen LogP contribution is 2.27. The molecule has 0 aliphatic carbocycles. The quantitative estimate of drug-likeness (QED) is 0.629. The molecule has 0 unspecified atom stereocenters. The van der Waals surface area contributed by atoms with Crippen LogP contribution in [0.2, 0.25) is 0 Å². The van der Waals surface area contributed by atoms with E-state index in [2.05, 4.69) is 4.90 Å². The molecule has 0 N–H and O–H groups in total. The molecule has 70 valence electrons. The van der Waals surface area contributed by atoms with Gasteiger partial charge in [-0.05, 0) is 7.05 Å². The number of ketones is 1. The number of hydrogen-bond acceptors (Lipinski definition) is 2. The molecule has 0 spiro atoms. The molecule has 12 heavy (non-hydrogen) atoms. The number of hydrogen-bond donors (Lipinski definition) is 0. The summed E-state index contributed by atoms with van der Waals surface area (Å²) in [6.07, 6.45) is 1.06. The number of carbonyl (C=O) groups excluding carboxylic acids is 1. The molecular weight excluding hydrogens is 157 g/mol. The van der Waals surface area contributed by atoms with Crippen LogP contribution in [0.4, 0.5) is 4.39 Å². The van der Waals surface area contributed by atoms with Gasteiger partial charge in [0, 0.05) is 32.4 Å². The van der Waals surface area contributed by atoms with Crippen LogP contribution >= 0.6 is 0 Å². The van der Waals surface area contributed by atoms with Crippen molar-refractivity contribution in [2.45, 2.75) is 31.9 Å². The van der Waals surface area contributed by atoms with Crippen LogP contribution in [0.1, 0.15) is 26.2 Å². The number of rotatable bonds is 2. The molecule has 0 saturated carbocycles. The largest absolute Gasteiger partial charge is 0.306 e. The van der Waals surface area contributed by atoms with E-state index in [4.69, 9.17) is 0 Å². The van der Waals surface area contributed by atoms with Gasteiger partial charge in [-0.3, -0.25) is 4.79 Å². The van der Waals surface area contributed by atoms with Crippen LogP contribution in [0.25, 0.3) is 0 Å². The Balaban J connectivity index is 2.55. The number of alkyl halides is 1. The van der Waals surface area contributed by atoms with Gasteiger partial charge in [-0.25, -0.2) is 4.39 Å². The molecule has 1 aliphatic rings. The van der Waals surface area contributed by atoms with Gasteiger partial charge in [0.15, 0.2) is 11.5 Å². The number of carbonyl (C=O) groups is 1. The molecule has 1 rings (SSSR count). The summed E-state index contributed by atoms with van der Waals surface area (Å²) < 4.78 is 13.8. The average Bonchev–Trinajstić information content (AvgIpc) is 2.09. The van der Waals surface area contributed by atoms with Gasteiger partial charge in [-0.15, -0.1) is 0 Å². The smallest absolute Gasteiger partial charge is 0.171 e. The molecule has 2 nitrogen and oxygen atoms in total. The first-order chi connectivity index (χ1) is 5.58. The van der Waals surface area contributed by atoms with Crippen LogP contribution in [0, 0.1) is 0 Å². The van der Waals surface area contributed by atoms with E-state index in [1.165, 1.54) is 0 Å². The van der Waals surface area contributed by atoms with E-state index in [1.54, 1.807) is 6.92 Å². The Morgan fingerprint density at radius 2 is 2.00 bits per heavy atom. The molecular formula is C9H16FNO. The molecule has 0 aromatic carbocycles. The van der Waals surface area contributed by atoms with Crippen LogP contribution in [0.5, 0.6) is 0 Å². The molecule has 3 heteroatoms. The lowest BCUT2D eigenvalue weighted by atomic mass is 9.88. The summed E-state index contributed by atoms with van der Waals surface area (Å²) in [5, 5.41) is 0. The van der Waals surface area contributed by atoms with E-state index in [-0.39, 0.29) is 5.78 Å². The summed E-state index contributed by atoms with van der Waals surface area (Å²) in [6, 6.07) is 0. The number of Topliss-reactive ketones (excluding diaryl/α,β-unsaturated/α-hetero) is 1. The summed E-state index contributed by atoms with van der Waals surface area (Å²) in [7, 11) is 1.95. The van der Waals surface area contributed by atoms with E-state index in [1.807, 2.05) is 7.05 Å². The van der Waals surface area contributed by atoms with Crippen molar-refractivity contribution in [1.82, 2.24) is 4.90 Å². The van der Waals surface area contributed by atoms with Crippen LogP contribution in [0.3, 0.4) is 0 Å². The van der Waals surface area contributed by atoms with E-state index in [0.717, 1.165) is 0 Å². The van der Waals surface area contributed by atoms with Crippen molar-refractivity contribution in [3.05, 3.63) is 0 Å². The van der Waals surface area contributed by atoms with Gasteiger partial charge in [-0.1, -0.05) is 6.92 Å². The lowest BCUT2D eigenvalue weighted by Gasteiger charge is -2.32. The molecule has 0 amide bonds. The molecule has 0 aromatic heterocycles. The van der Waals surface area contributed by atoms with Gasteiger partial charge in [0.25, 0.3) is 0 Å². The maximum atomic E-state index is 13.8. The number of likely N-dealkylation sites (tertiary alicyclic amines) is 1. The summed E-state index contributed by atoms with van der Waals surface area (Å²) in [6.45, 7) is 3.12. The molecule has 0 radical (unpaired) electrons. The molecule has 1 aliphatic heterocycles. The normalized spacial score (nSPS) is 23.9. The SMILES string of the molecule is CCC(=O)C1(F)CCN(C)CC1. The highest BCUT2D eigenvalue weighted by Gasteiger charge is 2.39. The predicted octanol–water partition coefficient (Wildman–Crippen LogP) is 1.40. The second-order valence-corrected chi connectivity index (χ2v) is 3.55. The predicted molar refractivity (Wildman–Crippen MR) is 45.9 cm³/mol. The molecule has 1 saturated heterocycles. The highest BCUT2D eigenvalue weighted by molar-refractivity contribution is 5.87. The fraction of sp³-hybridized carbons (Fsp3) is 0.889. The molecule has 0 atom stereocenters. The standard InChI is InChI=1S/C9H16FNO/c1-3-8(12)9(10)4-6-11(2)7-5-9/h3-7H2,1-2H3. The third kappa shape index (κ3) is 1.83. The highest BCUT2D eigenvalue weighted by atomic mass is 19.1. The lowest BCUT2D eigenvalue weighted by molar-refractivity contribution is -0.133. The van der Waals surface area contributed by atoms with Crippen molar-refractivity contribution in [2.75, 3.05) is 20.1 Å². The van der Waals surface area contributed by atoms with E-state index < -0.39 is 5.67 Å². The fourth-order valence-corrected chi connectivity index (χ4v) is 1.57. The van der Waals surface area contributed by atoms with Gasteiger partial charge in [-0.2, -0.15) is 0 Å². The van der Waals surface area contributed by atoms with Crippen LogP contribution in [-0.2, 0) is 4.79 Å².